The van der Waals surface area contributed by atoms with Crippen molar-refractivity contribution in [3.8, 4) is 0 Å². The molecule has 0 N–H and O–H groups in total. The third-order valence-electron chi connectivity index (χ3n) is 2.39. The zero-order valence-corrected chi connectivity index (χ0v) is 8.92. The van der Waals surface area contributed by atoms with Crippen LogP contribution in [0.25, 0.3) is 0 Å². The largest absolute Gasteiger partial charge is 0.381 e. The summed E-state index contributed by atoms with van der Waals surface area (Å²) in [5.74, 6) is 0. The maximum atomic E-state index is 10.0. The molecule has 0 aromatic carbocycles. The fraction of sp³-hybridized carbons (Fsp3) is 0.909. The number of carbonyl (C=O) groups is 1. The summed E-state index contributed by atoms with van der Waals surface area (Å²) in [6.07, 6.45) is 9.11. The van der Waals surface area contributed by atoms with Gasteiger partial charge in [-0.1, -0.05) is 26.2 Å². The Morgan fingerprint density at radius 2 is 1.92 bits per heavy atom. The van der Waals surface area contributed by atoms with Crippen LogP contribution in [-0.4, -0.2) is 19.5 Å². The van der Waals surface area contributed by atoms with Gasteiger partial charge in [-0.15, -0.1) is 0 Å². The van der Waals surface area contributed by atoms with E-state index in [4.69, 9.17) is 4.74 Å². The molecule has 0 amide bonds. The normalized spacial score (nSPS) is 12.8. The van der Waals surface area contributed by atoms with Crippen molar-refractivity contribution in [2.24, 2.45) is 0 Å². The van der Waals surface area contributed by atoms with E-state index in [-0.39, 0.29) is 0 Å². The summed E-state index contributed by atoms with van der Waals surface area (Å²) >= 11 is 0. The molecule has 13 heavy (non-hydrogen) atoms. The molecule has 0 fully saturated rings. The van der Waals surface area contributed by atoms with E-state index in [9.17, 15) is 4.79 Å². The number of hydrogen-bond donors (Lipinski definition) is 0. The minimum atomic E-state index is 0.436. The quantitative estimate of drug-likeness (QED) is 0.409. The number of rotatable bonds is 9. The van der Waals surface area contributed by atoms with E-state index in [1.807, 2.05) is 0 Å². The van der Waals surface area contributed by atoms with E-state index in [1.165, 1.54) is 19.3 Å². The summed E-state index contributed by atoms with van der Waals surface area (Å²) in [7, 11) is 1.78. The molecule has 0 aromatic rings. The van der Waals surface area contributed by atoms with Gasteiger partial charge in [0.05, 0.1) is 6.10 Å². The van der Waals surface area contributed by atoms with E-state index < -0.39 is 0 Å². The predicted octanol–water partition coefficient (Wildman–Crippen LogP) is 2.95. The molecule has 0 saturated heterocycles. The van der Waals surface area contributed by atoms with E-state index in [0.29, 0.717) is 6.10 Å². The van der Waals surface area contributed by atoms with E-state index in [2.05, 4.69) is 6.92 Å². The van der Waals surface area contributed by atoms with Gasteiger partial charge in [0.25, 0.3) is 0 Å². The lowest BCUT2D eigenvalue weighted by molar-refractivity contribution is -0.107. The van der Waals surface area contributed by atoms with Gasteiger partial charge in [0.2, 0.25) is 0 Å². The molecule has 0 heterocycles. The molecule has 0 spiro atoms. The lowest BCUT2D eigenvalue weighted by atomic mass is 10.1. The van der Waals surface area contributed by atoms with E-state index >= 15 is 0 Å². The third kappa shape index (κ3) is 7.97. The molecule has 2 nitrogen and oxygen atoms in total. The van der Waals surface area contributed by atoms with Gasteiger partial charge < -0.3 is 9.53 Å². The van der Waals surface area contributed by atoms with Gasteiger partial charge in [0, 0.05) is 13.5 Å². The molecule has 0 rings (SSSR count). The van der Waals surface area contributed by atoms with E-state index in [1.54, 1.807) is 7.11 Å². The van der Waals surface area contributed by atoms with Crippen LogP contribution in [0.3, 0.4) is 0 Å². The molecule has 0 aromatic heterocycles. The van der Waals surface area contributed by atoms with Gasteiger partial charge in [0.15, 0.2) is 0 Å². The standard InChI is InChI=1S/C11H22O2/c1-3-11(13-2)9-7-5-4-6-8-10-12/h10-11H,3-9H2,1-2H3. The summed E-state index contributed by atoms with van der Waals surface area (Å²) < 4.78 is 5.27. The van der Waals surface area contributed by atoms with Crippen LogP contribution in [-0.2, 0) is 9.53 Å². The number of aldehydes is 1. The van der Waals surface area contributed by atoms with Crippen LogP contribution in [0.5, 0.6) is 0 Å². The summed E-state index contributed by atoms with van der Waals surface area (Å²) in [4.78, 5) is 10.0. The Morgan fingerprint density at radius 1 is 1.23 bits per heavy atom. The average Bonchev–Trinajstić information content (AvgIpc) is 2.17. The second kappa shape index (κ2) is 9.72. The van der Waals surface area contributed by atoms with Crippen LogP contribution < -0.4 is 0 Å². The minimum absolute atomic E-state index is 0.436. The van der Waals surface area contributed by atoms with Crippen LogP contribution in [0.1, 0.15) is 51.9 Å². The van der Waals surface area contributed by atoms with Crippen LogP contribution in [0.4, 0.5) is 0 Å². The number of unbranched alkanes of at least 4 members (excludes halogenated alkanes) is 4. The highest BCUT2D eigenvalue weighted by atomic mass is 16.5. The Balaban J connectivity index is 3.09. The van der Waals surface area contributed by atoms with Crippen LogP contribution in [0.15, 0.2) is 0 Å². The highest BCUT2D eigenvalue weighted by molar-refractivity contribution is 5.48. The first-order valence-electron chi connectivity index (χ1n) is 5.31. The second-order valence-corrected chi connectivity index (χ2v) is 3.42. The predicted molar refractivity (Wildman–Crippen MR) is 54.9 cm³/mol. The maximum absolute atomic E-state index is 10.0. The Hall–Kier alpha value is -0.370. The zero-order chi connectivity index (χ0) is 9.94. The molecular formula is C11H22O2. The van der Waals surface area contributed by atoms with Crippen molar-refractivity contribution in [3.05, 3.63) is 0 Å². The first kappa shape index (κ1) is 12.6. The second-order valence-electron chi connectivity index (χ2n) is 3.42. The molecule has 2 heteroatoms. The SMILES string of the molecule is CCC(CCCCCCC=O)OC. The lowest BCUT2D eigenvalue weighted by Crippen LogP contribution is -2.08. The van der Waals surface area contributed by atoms with Gasteiger partial charge >= 0.3 is 0 Å². The summed E-state index contributed by atoms with van der Waals surface area (Å²) in [5.41, 5.74) is 0. The van der Waals surface area contributed by atoms with Gasteiger partial charge in [-0.2, -0.15) is 0 Å². The van der Waals surface area contributed by atoms with Crippen molar-refractivity contribution in [2.75, 3.05) is 7.11 Å². The summed E-state index contributed by atoms with van der Waals surface area (Å²) in [6, 6.07) is 0. The highest BCUT2D eigenvalue weighted by Crippen LogP contribution is 2.10. The van der Waals surface area contributed by atoms with Crippen molar-refractivity contribution < 1.29 is 9.53 Å². The fourth-order valence-electron chi connectivity index (χ4n) is 1.44. The molecule has 0 radical (unpaired) electrons. The summed E-state index contributed by atoms with van der Waals surface area (Å²) in [6.45, 7) is 2.15. The fourth-order valence-corrected chi connectivity index (χ4v) is 1.44. The Morgan fingerprint density at radius 3 is 2.46 bits per heavy atom. The Labute approximate surface area is 81.7 Å². The molecule has 1 unspecified atom stereocenters. The molecule has 0 bridgehead atoms. The van der Waals surface area contributed by atoms with Crippen LogP contribution in [0, 0.1) is 0 Å². The molecule has 78 valence electrons. The van der Waals surface area contributed by atoms with Crippen LogP contribution in [0.2, 0.25) is 0 Å². The topological polar surface area (TPSA) is 26.3 Å². The first-order chi connectivity index (χ1) is 6.35. The third-order valence-corrected chi connectivity index (χ3v) is 2.39. The van der Waals surface area contributed by atoms with Crippen LogP contribution >= 0.6 is 0 Å². The van der Waals surface area contributed by atoms with Crippen molar-refractivity contribution in [1.82, 2.24) is 0 Å². The Bertz CT molecular complexity index is 109. The highest BCUT2D eigenvalue weighted by Gasteiger charge is 2.02. The van der Waals surface area contributed by atoms with Gasteiger partial charge in [0.1, 0.15) is 6.29 Å². The van der Waals surface area contributed by atoms with Crippen molar-refractivity contribution in [2.45, 2.75) is 58.0 Å². The molecule has 1 atom stereocenters. The average molecular weight is 186 g/mol. The first-order valence-corrected chi connectivity index (χ1v) is 5.31. The van der Waals surface area contributed by atoms with Crippen molar-refractivity contribution >= 4 is 6.29 Å². The van der Waals surface area contributed by atoms with E-state index in [0.717, 1.165) is 32.0 Å². The smallest absolute Gasteiger partial charge is 0.119 e. The zero-order valence-electron chi connectivity index (χ0n) is 8.92. The molecule has 0 saturated carbocycles. The van der Waals surface area contributed by atoms with Gasteiger partial charge in [-0.05, 0) is 19.3 Å². The molecular weight excluding hydrogens is 164 g/mol. The monoisotopic (exact) mass is 186 g/mol. The number of carbonyl (C=O) groups excluding carboxylic acids is 1. The number of methoxy groups -OCH3 is 1. The minimum Gasteiger partial charge on any atom is -0.381 e. The summed E-state index contributed by atoms with van der Waals surface area (Å²) in [5, 5.41) is 0. The molecule has 0 aliphatic rings. The number of hydrogen-bond acceptors (Lipinski definition) is 2. The molecule has 0 aliphatic carbocycles. The van der Waals surface area contributed by atoms with Gasteiger partial charge in [-0.25, -0.2) is 0 Å². The lowest BCUT2D eigenvalue weighted by Gasteiger charge is -2.11. The van der Waals surface area contributed by atoms with Gasteiger partial charge in [-0.3, -0.25) is 0 Å². The number of ether oxygens (including phenoxy) is 1. The van der Waals surface area contributed by atoms with Crippen molar-refractivity contribution in [3.63, 3.8) is 0 Å². The molecule has 0 aliphatic heterocycles. The maximum Gasteiger partial charge on any atom is 0.119 e. The Kier molecular flexibility index (Phi) is 9.44. The van der Waals surface area contributed by atoms with Crippen molar-refractivity contribution in [1.29, 1.82) is 0 Å².